The molecule has 2 rings (SSSR count). The molecule has 0 amide bonds. The van der Waals surface area contributed by atoms with Crippen LogP contribution in [0, 0.1) is 0 Å². The number of hydrogen-bond donors (Lipinski definition) is 0. The first-order chi connectivity index (χ1) is 32.0. The van der Waals surface area contributed by atoms with Crippen LogP contribution in [-0.4, -0.2) is 80.7 Å². The molecule has 2 aliphatic rings. The molecule has 0 saturated carbocycles. The maximum absolute atomic E-state index is 13.0. The Morgan fingerprint density at radius 1 is 0.418 bits per heavy atom. The topological polar surface area (TPSA) is 59.1 Å². The average Bonchev–Trinajstić information content (AvgIpc) is 3.23. The molecule has 2 heterocycles. The molecule has 0 spiro atoms. The molecular weight excluding hydrogens is 845 g/mol. The van der Waals surface area contributed by atoms with Crippen LogP contribution in [0.5, 0.6) is 0 Å². The molecule has 392 valence electrons. The fourth-order valence-corrected chi connectivity index (χ4v) is 12.6. The second kappa shape index (κ2) is 35.7. The summed E-state index contributed by atoms with van der Waals surface area (Å²) >= 11 is 1.66. The number of allylic oxidation sites excluding steroid dienone is 4. The van der Waals surface area contributed by atoms with Gasteiger partial charge < -0.3 is 9.47 Å². The van der Waals surface area contributed by atoms with E-state index in [0.717, 1.165) is 38.8 Å². The van der Waals surface area contributed by atoms with Crippen molar-refractivity contribution in [1.82, 2.24) is 9.80 Å². The first-order valence-electron chi connectivity index (χ1n) is 28.9. The van der Waals surface area contributed by atoms with Crippen molar-refractivity contribution in [3.63, 3.8) is 0 Å². The van der Waals surface area contributed by atoms with Crippen LogP contribution in [0.4, 0.5) is 0 Å². The van der Waals surface area contributed by atoms with Gasteiger partial charge in [-0.05, 0) is 133 Å². The van der Waals surface area contributed by atoms with Crippen molar-refractivity contribution in [1.29, 1.82) is 0 Å². The minimum atomic E-state index is -0.109. The van der Waals surface area contributed by atoms with Crippen molar-refractivity contribution >= 4 is 23.7 Å². The molecule has 2 saturated heterocycles. The number of rotatable bonds is 40. The lowest BCUT2D eigenvalue weighted by molar-refractivity contribution is -0.161. The van der Waals surface area contributed by atoms with Gasteiger partial charge in [-0.25, -0.2) is 0 Å². The number of nitrogens with zero attached hydrogens (tertiary/aromatic N) is 2. The molecule has 0 unspecified atom stereocenters. The summed E-state index contributed by atoms with van der Waals surface area (Å²) in [7, 11) is 0. The van der Waals surface area contributed by atoms with E-state index in [-0.39, 0.29) is 46.3 Å². The van der Waals surface area contributed by atoms with Gasteiger partial charge in [-0.15, -0.1) is 0 Å². The molecule has 0 aromatic rings. The minimum Gasteiger partial charge on any atom is -0.462 e. The monoisotopic (exact) mass is 957 g/mol. The highest BCUT2D eigenvalue weighted by Gasteiger charge is 2.47. The zero-order valence-corrected chi connectivity index (χ0v) is 47.1. The number of hydrogen-bond acceptors (Lipinski definition) is 7. The van der Waals surface area contributed by atoms with Gasteiger partial charge in [0.15, 0.2) is 0 Å². The van der Waals surface area contributed by atoms with Gasteiger partial charge in [0.05, 0.1) is 12.8 Å². The smallest absolute Gasteiger partial charge is 0.306 e. The van der Waals surface area contributed by atoms with Crippen molar-refractivity contribution < 1.29 is 19.1 Å². The molecule has 0 bridgehead atoms. The molecule has 0 radical (unpaired) electrons. The van der Waals surface area contributed by atoms with Crippen molar-refractivity contribution in [2.75, 3.05) is 24.6 Å². The summed E-state index contributed by atoms with van der Waals surface area (Å²) in [5, 5.41) is 0. The zero-order valence-electron chi connectivity index (χ0n) is 46.3. The summed E-state index contributed by atoms with van der Waals surface area (Å²) in [5.74, 6) is 1.12. The maximum Gasteiger partial charge on any atom is 0.306 e. The van der Waals surface area contributed by atoms with Crippen LogP contribution < -0.4 is 0 Å². The van der Waals surface area contributed by atoms with Gasteiger partial charge in [0.2, 0.25) is 0 Å². The average molecular weight is 958 g/mol. The van der Waals surface area contributed by atoms with Crippen LogP contribution in [0.2, 0.25) is 0 Å². The molecular formula is C60H112N2O4S. The number of thioether (sulfide) groups is 1. The van der Waals surface area contributed by atoms with Gasteiger partial charge in [0.25, 0.3) is 0 Å². The molecule has 6 nitrogen and oxygen atoms in total. The van der Waals surface area contributed by atoms with Gasteiger partial charge in [-0.3, -0.25) is 19.4 Å². The predicted octanol–water partition coefficient (Wildman–Crippen LogP) is 17.7. The Bertz CT molecular complexity index is 1190. The normalized spacial score (nSPS) is 18.9. The van der Waals surface area contributed by atoms with Crippen molar-refractivity contribution in [2.24, 2.45) is 0 Å². The van der Waals surface area contributed by atoms with Crippen molar-refractivity contribution in [3.8, 4) is 0 Å². The van der Waals surface area contributed by atoms with Crippen LogP contribution >= 0.6 is 11.8 Å². The number of carbonyl (C=O) groups excluding carboxylic acids is 2. The van der Waals surface area contributed by atoms with E-state index >= 15 is 0 Å². The van der Waals surface area contributed by atoms with Gasteiger partial charge in [-0.2, -0.15) is 11.8 Å². The van der Waals surface area contributed by atoms with Crippen LogP contribution in [-0.2, 0) is 19.1 Å². The third kappa shape index (κ3) is 28.4. The SMILES string of the molecule is CCCCCCCCC=CCCCCCCCCN1C(C)(C)CC(OC(=O)CCSCCC(=O)OC2CC(C)(C)N(CCCCCCCCC=CCCCCCCCC)C(C)(C)C2)CC1(C)C. The maximum atomic E-state index is 13.0. The standard InChI is InChI=1S/C60H112N2O4S/c1-11-13-15-17-19-21-23-25-27-29-31-33-35-37-39-41-45-61-57(3,4)49-53(50-58(61,5)6)65-55(63)43-47-67-48-44-56(64)66-54-51-59(7,8)62(60(9,10)52-54)46-42-40-38-36-34-32-30-28-26-24-22-20-18-16-14-12-2/h25-28,53-54H,11-24,29-52H2,1-10H3. The van der Waals surface area contributed by atoms with Gasteiger partial charge in [0, 0.05) is 59.3 Å². The van der Waals surface area contributed by atoms with Crippen LogP contribution in [0.1, 0.15) is 288 Å². The second-order valence-electron chi connectivity index (χ2n) is 23.6. The quantitative estimate of drug-likeness (QED) is 0.0344. The fourth-order valence-electron chi connectivity index (χ4n) is 11.8. The van der Waals surface area contributed by atoms with E-state index in [9.17, 15) is 9.59 Å². The van der Waals surface area contributed by atoms with E-state index in [1.165, 1.54) is 180 Å². The van der Waals surface area contributed by atoms with E-state index < -0.39 is 0 Å². The van der Waals surface area contributed by atoms with Gasteiger partial charge >= 0.3 is 11.9 Å². The van der Waals surface area contributed by atoms with Crippen LogP contribution in [0.3, 0.4) is 0 Å². The number of carbonyl (C=O) groups is 2. The Hall–Kier alpha value is -1.31. The van der Waals surface area contributed by atoms with E-state index in [4.69, 9.17) is 9.47 Å². The van der Waals surface area contributed by atoms with Crippen LogP contribution in [0.15, 0.2) is 24.3 Å². The molecule has 0 aromatic carbocycles. The van der Waals surface area contributed by atoms with Gasteiger partial charge in [0.1, 0.15) is 12.2 Å². The van der Waals surface area contributed by atoms with E-state index in [0.29, 0.717) is 24.3 Å². The zero-order chi connectivity index (χ0) is 49.3. The Balaban J connectivity index is 1.54. The lowest BCUT2D eigenvalue weighted by atomic mass is 9.78. The summed E-state index contributed by atoms with van der Waals surface area (Å²) in [4.78, 5) is 31.4. The molecule has 7 heteroatoms. The van der Waals surface area contributed by atoms with Crippen molar-refractivity contribution in [2.45, 2.75) is 322 Å². The molecule has 0 N–H and O–H groups in total. The lowest BCUT2D eigenvalue weighted by Gasteiger charge is -2.55. The Morgan fingerprint density at radius 2 is 0.672 bits per heavy atom. The summed E-state index contributed by atoms with van der Waals surface area (Å²) in [6, 6.07) is 0. The highest BCUT2D eigenvalue weighted by atomic mass is 32.2. The van der Waals surface area contributed by atoms with E-state index in [2.05, 4.69) is 103 Å². The number of esters is 2. The highest BCUT2D eigenvalue weighted by Crippen LogP contribution is 2.41. The summed E-state index contributed by atoms with van der Waals surface area (Å²) in [5.41, 5.74) is -0.0774. The molecule has 0 aliphatic carbocycles. The third-order valence-electron chi connectivity index (χ3n) is 15.1. The number of unbranched alkanes of at least 4 members (excludes halogenated alkanes) is 24. The number of likely N-dealkylation sites (tertiary alicyclic amines) is 2. The van der Waals surface area contributed by atoms with Crippen LogP contribution in [0.25, 0.3) is 0 Å². The highest BCUT2D eigenvalue weighted by molar-refractivity contribution is 7.99. The Kier molecular flexibility index (Phi) is 33.0. The molecule has 0 atom stereocenters. The Morgan fingerprint density at radius 3 is 0.955 bits per heavy atom. The number of piperidine rings is 2. The lowest BCUT2D eigenvalue weighted by Crippen LogP contribution is -2.62. The van der Waals surface area contributed by atoms with Crippen molar-refractivity contribution in [3.05, 3.63) is 24.3 Å². The minimum absolute atomic E-state index is 0.0194. The summed E-state index contributed by atoms with van der Waals surface area (Å²) < 4.78 is 12.2. The largest absolute Gasteiger partial charge is 0.462 e. The summed E-state index contributed by atoms with van der Waals surface area (Å²) in [6.07, 6.45) is 51.1. The molecule has 2 aliphatic heterocycles. The fraction of sp³-hybridized carbons (Fsp3) is 0.900. The first-order valence-corrected chi connectivity index (χ1v) is 30.0. The Labute approximate surface area is 421 Å². The van der Waals surface area contributed by atoms with E-state index in [1.807, 2.05) is 0 Å². The summed E-state index contributed by atoms with van der Waals surface area (Å²) in [6.45, 7) is 25.4. The molecule has 2 fully saturated rings. The first kappa shape index (κ1) is 61.8. The van der Waals surface area contributed by atoms with E-state index in [1.54, 1.807) is 11.8 Å². The molecule has 0 aromatic heterocycles. The number of ether oxygens (including phenoxy) is 2. The third-order valence-corrected chi connectivity index (χ3v) is 16.1. The predicted molar refractivity (Wildman–Crippen MR) is 293 cm³/mol. The second-order valence-corrected chi connectivity index (χ2v) is 24.8. The molecule has 67 heavy (non-hydrogen) atoms. The van der Waals surface area contributed by atoms with Gasteiger partial charge in [-0.1, -0.05) is 154 Å².